The second-order valence-corrected chi connectivity index (χ2v) is 3.29. The Bertz CT molecular complexity index is 401. The quantitative estimate of drug-likeness (QED) is 0.645. The number of fused-ring (bicyclic) bond motifs is 1. The SMILES string of the molecule is NC(=O)C1Cc2ccccc2C(=O)N1. The predicted molar refractivity (Wildman–Crippen MR) is 50.6 cm³/mol. The molecule has 0 spiro atoms. The maximum absolute atomic E-state index is 11.5. The highest BCUT2D eigenvalue weighted by molar-refractivity contribution is 6.00. The van der Waals surface area contributed by atoms with Gasteiger partial charge < -0.3 is 11.1 Å². The van der Waals surface area contributed by atoms with Crippen LogP contribution in [0.2, 0.25) is 0 Å². The number of amides is 2. The van der Waals surface area contributed by atoms with Gasteiger partial charge in [0, 0.05) is 12.0 Å². The van der Waals surface area contributed by atoms with Crippen LogP contribution in [0.5, 0.6) is 0 Å². The van der Waals surface area contributed by atoms with Crippen LogP contribution in [0.3, 0.4) is 0 Å². The van der Waals surface area contributed by atoms with Crippen LogP contribution in [-0.2, 0) is 11.2 Å². The lowest BCUT2D eigenvalue weighted by atomic mass is 9.95. The van der Waals surface area contributed by atoms with Crippen molar-refractivity contribution in [3.63, 3.8) is 0 Å². The summed E-state index contributed by atoms with van der Waals surface area (Å²) in [6, 6.07) is 6.64. The van der Waals surface area contributed by atoms with Gasteiger partial charge in [-0.25, -0.2) is 0 Å². The number of benzene rings is 1. The van der Waals surface area contributed by atoms with E-state index in [2.05, 4.69) is 5.32 Å². The van der Waals surface area contributed by atoms with Crippen LogP contribution in [0.1, 0.15) is 15.9 Å². The van der Waals surface area contributed by atoms with Crippen molar-refractivity contribution in [2.75, 3.05) is 0 Å². The molecule has 14 heavy (non-hydrogen) atoms. The molecule has 1 aliphatic rings. The molecule has 1 heterocycles. The molecule has 4 heteroatoms. The molecular formula is C10H10N2O2. The number of primary amides is 1. The molecule has 0 saturated heterocycles. The van der Waals surface area contributed by atoms with Crippen LogP contribution in [0.25, 0.3) is 0 Å². The Hall–Kier alpha value is -1.84. The number of carbonyl (C=O) groups excluding carboxylic acids is 2. The van der Waals surface area contributed by atoms with E-state index >= 15 is 0 Å². The summed E-state index contributed by atoms with van der Waals surface area (Å²) in [6.45, 7) is 0. The van der Waals surface area contributed by atoms with Gasteiger partial charge in [-0.2, -0.15) is 0 Å². The van der Waals surface area contributed by atoms with Crippen molar-refractivity contribution in [3.8, 4) is 0 Å². The molecule has 1 aromatic rings. The summed E-state index contributed by atoms with van der Waals surface area (Å²) < 4.78 is 0. The molecule has 2 amide bonds. The molecular weight excluding hydrogens is 180 g/mol. The normalized spacial score (nSPS) is 19.7. The van der Waals surface area contributed by atoms with E-state index in [9.17, 15) is 9.59 Å². The number of hydrogen-bond acceptors (Lipinski definition) is 2. The number of hydrogen-bond donors (Lipinski definition) is 2. The molecule has 2 rings (SSSR count). The van der Waals surface area contributed by atoms with Gasteiger partial charge in [0.2, 0.25) is 5.91 Å². The summed E-state index contributed by atoms with van der Waals surface area (Å²) in [7, 11) is 0. The summed E-state index contributed by atoms with van der Waals surface area (Å²) >= 11 is 0. The Labute approximate surface area is 81.1 Å². The van der Waals surface area contributed by atoms with Crippen LogP contribution in [0, 0.1) is 0 Å². The number of rotatable bonds is 1. The van der Waals surface area contributed by atoms with Gasteiger partial charge in [0.05, 0.1) is 0 Å². The maximum Gasteiger partial charge on any atom is 0.252 e. The van der Waals surface area contributed by atoms with Crippen molar-refractivity contribution in [1.29, 1.82) is 0 Å². The summed E-state index contributed by atoms with van der Waals surface area (Å²) in [5, 5.41) is 2.56. The average Bonchev–Trinajstić information content (AvgIpc) is 2.17. The summed E-state index contributed by atoms with van der Waals surface area (Å²) in [6.07, 6.45) is 0.483. The molecule has 0 radical (unpaired) electrons. The number of nitrogens with two attached hydrogens (primary N) is 1. The fourth-order valence-electron chi connectivity index (χ4n) is 1.60. The molecule has 1 atom stereocenters. The van der Waals surface area contributed by atoms with Gasteiger partial charge >= 0.3 is 0 Å². The van der Waals surface area contributed by atoms with Crippen molar-refractivity contribution in [2.45, 2.75) is 12.5 Å². The predicted octanol–water partition coefficient (Wildman–Crippen LogP) is -0.174. The van der Waals surface area contributed by atoms with Gasteiger partial charge in [0.1, 0.15) is 6.04 Å². The van der Waals surface area contributed by atoms with Crippen molar-refractivity contribution in [1.82, 2.24) is 5.32 Å². The van der Waals surface area contributed by atoms with E-state index in [-0.39, 0.29) is 5.91 Å². The molecule has 72 valence electrons. The second-order valence-electron chi connectivity index (χ2n) is 3.29. The first-order chi connectivity index (χ1) is 6.68. The van der Waals surface area contributed by atoms with Gasteiger partial charge in [0.15, 0.2) is 0 Å². The van der Waals surface area contributed by atoms with Crippen LogP contribution in [-0.4, -0.2) is 17.9 Å². The first kappa shape index (κ1) is 8.74. The van der Waals surface area contributed by atoms with Crippen LogP contribution >= 0.6 is 0 Å². The van der Waals surface area contributed by atoms with Gasteiger partial charge in [-0.05, 0) is 11.6 Å². The lowest BCUT2D eigenvalue weighted by Gasteiger charge is -2.22. The minimum Gasteiger partial charge on any atom is -0.368 e. The molecule has 1 aromatic carbocycles. The zero-order valence-corrected chi connectivity index (χ0v) is 7.49. The minimum absolute atomic E-state index is 0.226. The zero-order valence-electron chi connectivity index (χ0n) is 7.49. The lowest BCUT2D eigenvalue weighted by molar-refractivity contribution is -0.119. The van der Waals surface area contributed by atoms with Crippen molar-refractivity contribution in [3.05, 3.63) is 35.4 Å². The largest absolute Gasteiger partial charge is 0.368 e. The smallest absolute Gasteiger partial charge is 0.252 e. The summed E-state index contributed by atoms with van der Waals surface area (Å²) in [5.41, 5.74) is 6.64. The van der Waals surface area contributed by atoms with E-state index in [4.69, 9.17) is 5.73 Å². The van der Waals surface area contributed by atoms with Crippen LogP contribution < -0.4 is 11.1 Å². The molecule has 0 saturated carbocycles. The third kappa shape index (κ3) is 1.35. The molecule has 0 bridgehead atoms. The topological polar surface area (TPSA) is 72.2 Å². The van der Waals surface area contributed by atoms with Gasteiger partial charge in [-0.15, -0.1) is 0 Å². The highest BCUT2D eigenvalue weighted by atomic mass is 16.2. The molecule has 1 aliphatic heterocycles. The van der Waals surface area contributed by atoms with Crippen molar-refractivity contribution < 1.29 is 9.59 Å². The van der Waals surface area contributed by atoms with E-state index in [1.54, 1.807) is 12.1 Å². The van der Waals surface area contributed by atoms with Crippen LogP contribution in [0.15, 0.2) is 24.3 Å². The van der Waals surface area contributed by atoms with E-state index in [0.29, 0.717) is 12.0 Å². The van der Waals surface area contributed by atoms with Gasteiger partial charge in [-0.1, -0.05) is 18.2 Å². The highest BCUT2D eigenvalue weighted by Gasteiger charge is 2.26. The third-order valence-electron chi connectivity index (χ3n) is 2.33. The monoisotopic (exact) mass is 190 g/mol. The Morgan fingerprint density at radius 3 is 2.86 bits per heavy atom. The Balaban J connectivity index is 2.38. The Morgan fingerprint density at radius 1 is 1.43 bits per heavy atom. The lowest BCUT2D eigenvalue weighted by Crippen LogP contribution is -2.49. The number of carbonyl (C=O) groups is 2. The maximum atomic E-state index is 11.5. The summed E-state index contributed by atoms with van der Waals surface area (Å²) in [4.78, 5) is 22.4. The Kier molecular flexibility index (Phi) is 1.96. The molecule has 3 N–H and O–H groups in total. The van der Waals surface area contributed by atoms with Gasteiger partial charge in [-0.3, -0.25) is 9.59 Å². The van der Waals surface area contributed by atoms with Crippen molar-refractivity contribution >= 4 is 11.8 Å². The molecule has 1 unspecified atom stereocenters. The third-order valence-corrected chi connectivity index (χ3v) is 2.33. The average molecular weight is 190 g/mol. The zero-order chi connectivity index (χ0) is 10.1. The van der Waals surface area contributed by atoms with E-state index in [0.717, 1.165) is 5.56 Å². The molecule has 0 aromatic heterocycles. The minimum atomic E-state index is -0.572. The molecule has 0 aliphatic carbocycles. The number of nitrogens with one attached hydrogen (secondary N) is 1. The van der Waals surface area contributed by atoms with Gasteiger partial charge in [0.25, 0.3) is 5.91 Å². The van der Waals surface area contributed by atoms with Crippen LogP contribution in [0.4, 0.5) is 0 Å². The Morgan fingerprint density at radius 2 is 2.14 bits per heavy atom. The van der Waals surface area contributed by atoms with Crippen molar-refractivity contribution in [2.24, 2.45) is 5.73 Å². The van der Waals surface area contributed by atoms with E-state index in [1.165, 1.54) is 0 Å². The second kappa shape index (κ2) is 3.14. The fourth-order valence-corrected chi connectivity index (χ4v) is 1.60. The standard InChI is InChI=1S/C10H10N2O2/c11-9(13)8-5-6-3-1-2-4-7(6)10(14)12-8/h1-4,8H,5H2,(H2,11,13)(H,12,14). The molecule has 4 nitrogen and oxygen atoms in total. The fraction of sp³-hybridized carbons (Fsp3) is 0.200. The van der Waals surface area contributed by atoms with E-state index in [1.807, 2.05) is 12.1 Å². The van der Waals surface area contributed by atoms with E-state index < -0.39 is 11.9 Å². The first-order valence-corrected chi connectivity index (χ1v) is 4.36. The first-order valence-electron chi connectivity index (χ1n) is 4.36. The highest BCUT2D eigenvalue weighted by Crippen LogP contribution is 2.15. The summed E-state index contributed by atoms with van der Waals surface area (Å²) in [5.74, 6) is -0.719. The molecule has 0 fully saturated rings.